The Morgan fingerprint density at radius 3 is 2.49 bits per heavy atom. The van der Waals surface area contributed by atoms with Gasteiger partial charge in [-0.1, -0.05) is 6.07 Å². The zero-order valence-corrected chi connectivity index (χ0v) is 22.0. The summed E-state index contributed by atoms with van der Waals surface area (Å²) in [6, 6.07) is 14.6. The van der Waals surface area contributed by atoms with Crippen molar-refractivity contribution in [3.05, 3.63) is 65.5 Å². The van der Waals surface area contributed by atoms with Gasteiger partial charge in [-0.2, -0.15) is 0 Å². The minimum absolute atomic E-state index is 0.235. The second kappa shape index (κ2) is 10.5. The third-order valence-electron chi connectivity index (χ3n) is 6.02. The second-order valence-corrected chi connectivity index (χ2v) is 10.3. The van der Waals surface area contributed by atoms with E-state index in [1.165, 1.54) is 0 Å². The molecule has 0 atom stereocenters. The number of benzene rings is 2. The van der Waals surface area contributed by atoms with E-state index >= 15 is 0 Å². The van der Waals surface area contributed by atoms with E-state index in [2.05, 4.69) is 36.2 Å². The van der Waals surface area contributed by atoms with Gasteiger partial charge >= 0.3 is 6.09 Å². The van der Waals surface area contributed by atoms with Crippen LogP contribution >= 0.6 is 0 Å². The zero-order valence-electron chi connectivity index (χ0n) is 22.0. The van der Waals surface area contributed by atoms with Crippen molar-refractivity contribution in [2.75, 3.05) is 31.5 Å². The average molecular weight is 530 g/mol. The summed E-state index contributed by atoms with van der Waals surface area (Å²) in [7, 11) is 0. The number of nitrogens with zero attached hydrogens (tertiary/aromatic N) is 1. The molecule has 0 spiro atoms. The monoisotopic (exact) mass is 529 g/mol. The molecule has 4 aromatic rings. The molecule has 11 heteroatoms. The Hall–Kier alpha value is -4.80. The number of H-pyrrole nitrogens is 2. The number of fused-ring (bicyclic) bond motifs is 2. The Morgan fingerprint density at radius 1 is 0.897 bits per heavy atom. The van der Waals surface area contributed by atoms with Crippen molar-refractivity contribution in [3.8, 4) is 0 Å². The molecular formula is C28H31N7O4. The van der Waals surface area contributed by atoms with Gasteiger partial charge in [-0.15, -0.1) is 0 Å². The Bertz CT molecular complexity index is 1590. The zero-order chi connectivity index (χ0) is 27.6. The van der Waals surface area contributed by atoms with E-state index in [0.717, 1.165) is 46.4 Å². The van der Waals surface area contributed by atoms with Crippen LogP contribution < -0.4 is 21.3 Å². The number of rotatable bonds is 7. The molecule has 6 N–H and O–H groups in total. The fraction of sp³-hybridized carbons (Fsp3) is 0.286. The molecule has 2 aromatic carbocycles. The number of amides is 3. The maximum Gasteiger partial charge on any atom is 0.407 e. The molecule has 3 heterocycles. The molecule has 0 saturated carbocycles. The molecule has 0 unspecified atom stereocenters. The normalized spacial score (nSPS) is 13.2. The molecule has 0 bridgehead atoms. The standard InChI is InChI=1S/C28H31N7O4/c1-28(2,3)39-27(38)32-11-10-31-25(36)17-5-7-20-18(12-17)14-23(34-20)26(37)33-19-6-4-16-13-22(35-21(16)15-19)24-29-8-9-30-24/h4-7,12-15,34-35H,8-11H2,1-3H3,(H,29,30)(H,31,36)(H,32,38)(H,33,37). The van der Waals surface area contributed by atoms with E-state index in [-0.39, 0.29) is 24.9 Å². The van der Waals surface area contributed by atoms with Crippen LogP contribution in [0.25, 0.3) is 21.8 Å². The first kappa shape index (κ1) is 25.8. The number of carbonyl (C=O) groups is 3. The van der Waals surface area contributed by atoms with Crippen LogP contribution in [0.1, 0.15) is 47.3 Å². The van der Waals surface area contributed by atoms with Crippen LogP contribution in [0, 0.1) is 0 Å². The minimum Gasteiger partial charge on any atom is -0.444 e. The summed E-state index contributed by atoms with van der Waals surface area (Å²) in [5.74, 6) is 0.270. The number of alkyl carbamates (subject to hydrolysis) is 1. The lowest BCUT2D eigenvalue weighted by molar-refractivity contribution is 0.0526. The van der Waals surface area contributed by atoms with Crippen molar-refractivity contribution in [1.82, 2.24) is 25.9 Å². The molecule has 11 nitrogen and oxygen atoms in total. The molecule has 0 fully saturated rings. The van der Waals surface area contributed by atoms with Crippen molar-refractivity contribution >= 4 is 51.2 Å². The van der Waals surface area contributed by atoms with Gasteiger partial charge in [0.25, 0.3) is 11.8 Å². The first-order valence-corrected chi connectivity index (χ1v) is 12.8. The molecule has 3 amide bonds. The van der Waals surface area contributed by atoms with Crippen molar-refractivity contribution in [1.29, 1.82) is 0 Å². The van der Waals surface area contributed by atoms with Crippen LogP contribution in [0.5, 0.6) is 0 Å². The largest absolute Gasteiger partial charge is 0.444 e. The van der Waals surface area contributed by atoms with Crippen LogP contribution in [0.4, 0.5) is 10.5 Å². The number of aliphatic imine (C=N–C) groups is 1. The maximum absolute atomic E-state index is 13.0. The van der Waals surface area contributed by atoms with Gasteiger partial charge in [0.05, 0.1) is 12.2 Å². The molecular weight excluding hydrogens is 498 g/mol. The lowest BCUT2D eigenvalue weighted by atomic mass is 10.1. The van der Waals surface area contributed by atoms with E-state index in [1.54, 1.807) is 45.0 Å². The number of aromatic amines is 2. The summed E-state index contributed by atoms with van der Waals surface area (Å²) < 4.78 is 5.17. The van der Waals surface area contributed by atoms with Gasteiger partial charge < -0.3 is 36.0 Å². The predicted octanol–water partition coefficient (Wildman–Crippen LogP) is 3.51. The van der Waals surface area contributed by atoms with E-state index in [4.69, 9.17) is 4.74 Å². The lowest BCUT2D eigenvalue weighted by Crippen LogP contribution is -2.37. The highest BCUT2D eigenvalue weighted by atomic mass is 16.6. The summed E-state index contributed by atoms with van der Waals surface area (Å²) in [5.41, 5.74) is 3.44. The van der Waals surface area contributed by atoms with Gasteiger partial charge in [-0.05, 0) is 63.2 Å². The van der Waals surface area contributed by atoms with Crippen LogP contribution in [0.2, 0.25) is 0 Å². The molecule has 39 heavy (non-hydrogen) atoms. The molecule has 5 rings (SSSR count). The number of hydrogen-bond donors (Lipinski definition) is 6. The Balaban J connectivity index is 1.19. The van der Waals surface area contributed by atoms with Crippen LogP contribution in [-0.2, 0) is 4.74 Å². The van der Waals surface area contributed by atoms with Gasteiger partial charge in [0.2, 0.25) is 0 Å². The smallest absolute Gasteiger partial charge is 0.407 e. The Morgan fingerprint density at radius 2 is 1.72 bits per heavy atom. The van der Waals surface area contributed by atoms with Crippen molar-refractivity contribution in [2.45, 2.75) is 26.4 Å². The van der Waals surface area contributed by atoms with Gasteiger partial charge in [0.15, 0.2) is 0 Å². The second-order valence-electron chi connectivity index (χ2n) is 10.3. The highest BCUT2D eigenvalue weighted by Crippen LogP contribution is 2.22. The Labute approximate surface area is 224 Å². The van der Waals surface area contributed by atoms with Gasteiger partial charge in [-0.25, -0.2) is 4.79 Å². The fourth-order valence-corrected chi connectivity index (χ4v) is 4.26. The molecule has 202 valence electrons. The first-order chi connectivity index (χ1) is 18.6. The van der Waals surface area contributed by atoms with E-state index < -0.39 is 11.7 Å². The number of amidine groups is 1. The topological polar surface area (TPSA) is 152 Å². The molecule has 2 aromatic heterocycles. The van der Waals surface area contributed by atoms with Crippen molar-refractivity contribution in [2.24, 2.45) is 4.99 Å². The van der Waals surface area contributed by atoms with Crippen LogP contribution in [0.3, 0.4) is 0 Å². The average Bonchev–Trinajstić information content (AvgIpc) is 3.63. The van der Waals surface area contributed by atoms with Gasteiger partial charge in [0.1, 0.15) is 17.1 Å². The summed E-state index contributed by atoms with van der Waals surface area (Å²) in [4.78, 5) is 48.1. The molecule has 0 radical (unpaired) electrons. The van der Waals surface area contributed by atoms with E-state index in [0.29, 0.717) is 16.9 Å². The number of ether oxygens (including phenoxy) is 1. The summed E-state index contributed by atoms with van der Waals surface area (Å²) in [6.45, 7) is 7.41. The fourth-order valence-electron chi connectivity index (χ4n) is 4.26. The van der Waals surface area contributed by atoms with E-state index in [9.17, 15) is 14.4 Å². The third-order valence-corrected chi connectivity index (χ3v) is 6.02. The third kappa shape index (κ3) is 6.20. The quantitative estimate of drug-likeness (QED) is 0.202. The maximum atomic E-state index is 13.0. The molecule has 1 aliphatic heterocycles. The predicted molar refractivity (Wildman–Crippen MR) is 151 cm³/mol. The van der Waals surface area contributed by atoms with E-state index in [1.807, 2.05) is 24.3 Å². The number of hydrogen-bond acceptors (Lipinski definition) is 6. The summed E-state index contributed by atoms with van der Waals surface area (Å²) in [5, 5.41) is 13.3. The molecule has 0 saturated heterocycles. The number of anilines is 1. The van der Waals surface area contributed by atoms with Crippen LogP contribution in [0.15, 0.2) is 53.5 Å². The highest BCUT2D eigenvalue weighted by Gasteiger charge is 2.16. The lowest BCUT2D eigenvalue weighted by Gasteiger charge is -2.19. The molecule has 1 aliphatic rings. The highest BCUT2D eigenvalue weighted by molar-refractivity contribution is 6.08. The van der Waals surface area contributed by atoms with Gasteiger partial charge in [-0.3, -0.25) is 14.6 Å². The minimum atomic E-state index is -0.586. The number of carbonyl (C=O) groups excluding carboxylic acids is 3. The molecule has 0 aliphatic carbocycles. The summed E-state index contributed by atoms with van der Waals surface area (Å²) >= 11 is 0. The summed E-state index contributed by atoms with van der Waals surface area (Å²) in [6.07, 6.45) is -0.537. The number of nitrogens with one attached hydrogen (secondary N) is 6. The van der Waals surface area contributed by atoms with Crippen molar-refractivity contribution < 1.29 is 19.1 Å². The van der Waals surface area contributed by atoms with Gasteiger partial charge in [0, 0.05) is 52.7 Å². The number of aromatic nitrogens is 2. The SMILES string of the molecule is CC(C)(C)OC(=O)NCCNC(=O)c1ccc2[nH]c(C(=O)Nc3ccc4cc(C5=NCCN5)[nH]c4c3)cc2c1. The first-order valence-electron chi connectivity index (χ1n) is 12.8. The van der Waals surface area contributed by atoms with Crippen molar-refractivity contribution in [3.63, 3.8) is 0 Å². The Kier molecular flexibility index (Phi) is 6.97. The van der Waals surface area contributed by atoms with Crippen LogP contribution in [-0.4, -0.2) is 65.5 Å².